The van der Waals surface area contributed by atoms with Gasteiger partial charge in [-0.05, 0) is 0 Å². The maximum atomic E-state index is 10.6. The lowest BCUT2D eigenvalue weighted by Gasteiger charge is -2.33. The fourth-order valence-electron chi connectivity index (χ4n) is 2.25. The highest BCUT2D eigenvalue weighted by Crippen LogP contribution is 2.43. The van der Waals surface area contributed by atoms with E-state index in [1.165, 1.54) is 7.11 Å². The molecule has 5 heteroatoms. The van der Waals surface area contributed by atoms with Crippen molar-refractivity contribution in [2.75, 3.05) is 20.3 Å². The third kappa shape index (κ3) is 3.60. The third-order valence-corrected chi connectivity index (χ3v) is 4.16. The molecule has 0 spiro atoms. The Labute approximate surface area is 132 Å². The van der Waals surface area contributed by atoms with E-state index in [0.29, 0.717) is 16.9 Å². The van der Waals surface area contributed by atoms with E-state index in [1.807, 2.05) is 0 Å². The summed E-state index contributed by atoms with van der Waals surface area (Å²) in [4.78, 5) is 0. The molecule has 1 aromatic carbocycles. The predicted molar refractivity (Wildman–Crippen MR) is 84.6 cm³/mol. The molecular weight excluding hydrogens is 284 g/mol. The Morgan fingerprint density at radius 3 is 1.55 bits per heavy atom. The maximum Gasteiger partial charge on any atom is 0.130 e. The lowest BCUT2D eigenvalue weighted by molar-refractivity contribution is -0.000454. The van der Waals surface area contributed by atoms with Gasteiger partial charge in [-0.15, -0.1) is 0 Å². The second-order valence-corrected chi connectivity index (χ2v) is 7.07. The number of hydrogen-bond acceptors (Lipinski definition) is 5. The lowest BCUT2D eigenvalue weighted by Crippen LogP contribution is -2.28. The van der Waals surface area contributed by atoms with Crippen LogP contribution in [0.1, 0.15) is 51.0 Å². The van der Waals surface area contributed by atoms with Gasteiger partial charge in [-0.2, -0.15) is 0 Å². The average molecular weight is 312 g/mol. The molecule has 22 heavy (non-hydrogen) atoms. The van der Waals surface area contributed by atoms with Crippen molar-refractivity contribution in [2.24, 2.45) is 10.8 Å². The molecule has 2 unspecified atom stereocenters. The molecule has 1 aromatic rings. The van der Waals surface area contributed by atoms with Crippen molar-refractivity contribution in [1.29, 1.82) is 0 Å². The summed E-state index contributed by atoms with van der Waals surface area (Å²) in [5.41, 5.74) is -0.481. The van der Waals surface area contributed by atoms with Gasteiger partial charge in [0, 0.05) is 22.0 Å². The number of benzene rings is 1. The molecule has 0 fully saturated rings. The zero-order chi connectivity index (χ0) is 17.1. The van der Waals surface area contributed by atoms with E-state index >= 15 is 0 Å². The van der Waals surface area contributed by atoms with Gasteiger partial charge in [0.15, 0.2) is 0 Å². The molecule has 2 atom stereocenters. The van der Waals surface area contributed by atoms with Gasteiger partial charge in [-0.3, -0.25) is 0 Å². The molecule has 0 aliphatic heterocycles. The van der Waals surface area contributed by atoms with E-state index in [9.17, 15) is 20.4 Å². The van der Waals surface area contributed by atoms with Crippen LogP contribution in [0.15, 0.2) is 18.2 Å². The standard InChI is InChI=1S/C17H28O5/c1-16(2,9-18)14(20)11-7-6-8-12(13(11)22-5)15(21)17(3,4)10-19/h6-8,14-15,18-21H,9-10H2,1-5H3. The molecule has 0 aromatic heterocycles. The number of para-hydroxylation sites is 1. The summed E-state index contributed by atoms with van der Waals surface area (Å²) in [5, 5.41) is 40.0. The van der Waals surface area contributed by atoms with E-state index in [1.54, 1.807) is 45.9 Å². The van der Waals surface area contributed by atoms with Gasteiger partial charge in [0.05, 0.1) is 32.5 Å². The van der Waals surface area contributed by atoms with E-state index < -0.39 is 23.0 Å². The number of aliphatic hydroxyl groups excluding tert-OH is 4. The summed E-state index contributed by atoms with van der Waals surface area (Å²) in [6, 6.07) is 5.15. The first kappa shape index (κ1) is 18.9. The molecule has 0 saturated heterocycles. The Balaban J connectivity index is 3.38. The average Bonchev–Trinajstić information content (AvgIpc) is 2.52. The minimum atomic E-state index is -0.947. The minimum Gasteiger partial charge on any atom is -0.496 e. The van der Waals surface area contributed by atoms with Crippen LogP contribution in [0, 0.1) is 10.8 Å². The van der Waals surface area contributed by atoms with E-state index in [2.05, 4.69) is 0 Å². The number of hydrogen-bond donors (Lipinski definition) is 4. The van der Waals surface area contributed by atoms with E-state index in [4.69, 9.17) is 4.74 Å². The Bertz CT molecular complexity index is 456. The highest BCUT2D eigenvalue weighted by atomic mass is 16.5. The summed E-state index contributed by atoms with van der Waals surface area (Å²) < 4.78 is 5.41. The number of aliphatic hydroxyl groups is 4. The monoisotopic (exact) mass is 312 g/mol. The first-order chi connectivity index (χ1) is 10.1. The Kier molecular flexibility index (Phi) is 5.98. The van der Waals surface area contributed by atoms with Crippen molar-refractivity contribution in [3.63, 3.8) is 0 Å². The van der Waals surface area contributed by atoms with Crippen molar-refractivity contribution in [2.45, 2.75) is 39.9 Å². The van der Waals surface area contributed by atoms with Crippen LogP contribution in [0.25, 0.3) is 0 Å². The molecule has 0 bridgehead atoms. The highest BCUT2D eigenvalue weighted by molar-refractivity contribution is 5.45. The fourth-order valence-corrected chi connectivity index (χ4v) is 2.25. The highest BCUT2D eigenvalue weighted by Gasteiger charge is 2.35. The number of ether oxygens (including phenoxy) is 1. The van der Waals surface area contributed by atoms with Crippen molar-refractivity contribution in [3.8, 4) is 5.75 Å². The topological polar surface area (TPSA) is 90.2 Å². The molecular formula is C17H28O5. The molecule has 0 heterocycles. The first-order valence-corrected chi connectivity index (χ1v) is 7.37. The van der Waals surface area contributed by atoms with Gasteiger partial charge in [0.2, 0.25) is 0 Å². The fraction of sp³-hybridized carbons (Fsp3) is 0.647. The number of methoxy groups -OCH3 is 1. The third-order valence-electron chi connectivity index (χ3n) is 4.16. The molecule has 0 aliphatic carbocycles. The van der Waals surface area contributed by atoms with Crippen LogP contribution in [0.4, 0.5) is 0 Å². The summed E-state index contributed by atoms with van der Waals surface area (Å²) in [6.07, 6.45) is -1.89. The van der Waals surface area contributed by atoms with E-state index in [0.717, 1.165) is 0 Å². The molecule has 5 nitrogen and oxygen atoms in total. The normalized spacial score (nSPS) is 15.5. The largest absolute Gasteiger partial charge is 0.496 e. The quantitative estimate of drug-likeness (QED) is 0.616. The van der Waals surface area contributed by atoms with Gasteiger partial charge in [-0.25, -0.2) is 0 Å². The van der Waals surface area contributed by atoms with Gasteiger partial charge < -0.3 is 25.2 Å². The van der Waals surface area contributed by atoms with Crippen LogP contribution in [0.2, 0.25) is 0 Å². The van der Waals surface area contributed by atoms with Crippen LogP contribution in [-0.2, 0) is 0 Å². The predicted octanol–water partition coefficient (Wildman–Crippen LogP) is 1.80. The van der Waals surface area contributed by atoms with Crippen LogP contribution >= 0.6 is 0 Å². The maximum absolute atomic E-state index is 10.6. The molecule has 0 saturated carbocycles. The van der Waals surface area contributed by atoms with Crippen molar-refractivity contribution in [1.82, 2.24) is 0 Å². The minimum absolute atomic E-state index is 0.188. The van der Waals surface area contributed by atoms with Crippen LogP contribution < -0.4 is 4.74 Å². The Hall–Kier alpha value is -1.14. The second-order valence-electron chi connectivity index (χ2n) is 7.07. The molecule has 0 aliphatic rings. The Morgan fingerprint density at radius 2 is 1.27 bits per heavy atom. The Morgan fingerprint density at radius 1 is 0.909 bits per heavy atom. The smallest absolute Gasteiger partial charge is 0.130 e. The van der Waals surface area contributed by atoms with Gasteiger partial charge in [0.25, 0.3) is 0 Å². The number of rotatable bonds is 7. The summed E-state index contributed by atoms with van der Waals surface area (Å²) >= 11 is 0. The summed E-state index contributed by atoms with van der Waals surface area (Å²) in [5.74, 6) is 0.380. The zero-order valence-electron chi connectivity index (χ0n) is 14.0. The summed E-state index contributed by atoms with van der Waals surface area (Å²) in [6.45, 7) is 6.62. The molecule has 0 radical (unpaired) electrons. The molecule has 126 valence electrons. The van der Waals surface area contributed by atoms with Crippen LogP contribution in [0.3, 0.4) is 0 Å². The van der Waals surface area contributed by atoms with E-state index in [-0.39, 0.29) is 13.2 Å². The van der Waals surface area contributed by atoms with Gasteiger partial charge >= 0.3 is 0 Å². The van der Waals surface area contributed by atoms with Crippen molar-refractivity contribution in [3.05, 3.63) is 29.3 Å². The zero-order valence-corrected chi connectivity index (χ0v) is 14.0. The second kappa shape index (κ2) is 6.96. The summed E-state index contributed by atoms with van der Waals surface area (Å²) in [7, 11) is 1.47. The first-order valence-electron chi connectivity index (χ1n) is 7.37. The van der Waals surface area contributed by atoms with Crippen LogP contribution in [-0.4, -0.2) is 40.7 Å². The SMILES string of the molecule is COc1c(C(O)C(C)(C)CO)cccc1C(O)C(C)(C)CO. The molecule has 0 amide bonds. The molecule has 1 rings (SSSR count). The lowest BCUT2D eigenvalue weighted by atomic mass is 9.79. The van der Waals surface area contributed by atoms with Crippen LogP contribution in [0.5, 0.6) is 5.75 Å². The van der Waals surface area contributed by atoms with Gasteiger partial charge in [0.1, 0.15) is 5.75 Å². The van der Waals surface area contributed by atoms with Crippen molar-refractivity contribution < 1.29 is 25.2 Å². The molecule has 4 N–H and O–H groups in total. The van der Waals surface area contributed by atoms with Gasteiger partial charge in [-0.1, -0.05) is 45.9 Å². The van der Waals surface area contributed by atoms with Crippen molar-refractivity contribution >= 4 is 0 Å².